The van der Waals surface area contributed by atoms with E-state index in [4.69, 9.17) is 4.74 Å². The molecule has 6 nitrogen and oxygen atoms in total. The van der Waals surface area contributed by atoms with Crippen molar-refractivity contribution in [1.29, 1.82) is 0 Å². The molecule has 2 N–H and O–H groups in total. The van der Waals surface area contributed by atoms with E-state index in [0.29, 0.717) is 5.75 Å². The molecule has 0 heterocycles. The first-order chi connectivity index (χ1) is 13.9. The first-order valence-corrected chi connectivity index (χ1v) is 11.5. The van der Waals surface area contributed by atoms with Crippen LogP contribution in [0.25, 0.3) is 0 Å². The van der Waals surface area contributed by atoms with E-state index in [0.717, 1.165) is 16.7 Å². The molecule has 1 amide bonds. The molecule has 7 heteroatoms. The smallest absolute Gasteiger partial charge is 0.240 e. The standard InChI is InChI=1S/C23H32N2O4S/c1-16-7-12-21(29-6)20(15-16)17(2)25-22(26)13-14-24-30(27,28)19-10-8-18(9-11-19)23(3,4)5/h7-12,15,17,24H,13-14H2,1-6H3,(H,25,26). The van der Waals surface area contributed by atoms with Crippen molar-refractivity contribution in [3.8, 4) is 5.75 Å². The van der Waals surface area contributed by atoms with Crippen LogP contribution in [0.1, 0.15) is 56.8 Å². The average molecular weight is 433 g/mol. The summed E-state index contributed by atoms with van der Waals surface area (Å²) in [7, 11) is -2.08. The third-order valence-electron chi connectivity index (χ3n) is 4.90. The Morgan fingerprint density at radius 2 is 1.73 bits per heavy atom. The van der Waals surface area contributed by atoms with Crippen molar-refractivity contribution in [2.45, 2.75) is 57.4 Å². The van der Waals surface area contributed by atoms with E-state index in [2.05, 4.69) is 30.8 Å². The van der Waals surface area contributed by atoms with Crippen molar-refractivity contribution < 1.29 is 17.9 Å². The van der Waals surface area contributed by atoms with Crippen LogP contribution in [0.15, 0.2) is 47.4 Å². The highest BCUT2D eigenvalue weighted by molar-refractivity contribution is 7.89. The molecule has 0 saturated carbocycles. The maximum Gasteiger partial charge on any atom is 0.240 e. The van der Waals surface area contributed by atoms with Crippen molar-refractivity contribution in [3.05, 3.63) is 59.2 Å². The third kappa shape index (κ3) is 6.31. The molecule has 1 unspecified atom stereocenters. The van der Waals surface area contributed by atoms with Gasteiger partial charge in [-0.2, -0.15) is 0 Å². The molecule has 0 aliphatic carbocycles. The normalized spacial score (nSPS) is 13.0. The van der Waals surface area contributed by atoms with Gasteiger partial charge in [-0.15, -0.1) is 0 Å². The number of amides is 1. The highest BCUT2D eigenvalue weighted by Crippen LogP contribution is 2.26. The first kappa shape index (κ1) is 23.9. The number of carbonyl (C=O) groups excluding carboxylic acids is 1. The number of sulfonamides is 1. The van der Waals surface area contributed by atoms with Crippen LogP contribution in [0.4, 0.5) is 0 Å². The third-order valence-corrected chi connectivity index (χ3v) is 6.38. The van der Waals surface area contributed by atoms with Crippen LogP contribution < -0.4 is 14.8 Å². The van der Waals surface area contributed by atoms with E-state index >= 15 is 0 Å². The number of nitrogens with one attached hydrogen (secondary N) is 2. The predicted molar refractivity (Wildman–Crippen MR) is 119 cm³/mol. The summed E-state index contributed by atoms with van der Waals surface area (Å²) < 4.78 is 32.8. The molecule has 2 aromatic rings. The summed E-state index contributed by atoms with van der Waals surface area (Å²) >= 11 is 0. The van der Waals surface area contributed by atoms with Gasteiger partial charge in [0.1, 0.15) is 5.75 Å². The molecule has 0 fully saturated rings. The van der Waals surface area contributed by atoms with Gasteiger partial charge >= 0.3 is 0 Å². The molecule has 0 aliphatic rings. The zero-order chi connectivity index (χ0) is 22.5. The van der Waals surface area contributed by atoms with E-state index in [1.54, 1.807) is 19.2 Å². The number of benzene rings is 2. The Morgan fingerprint density at radius 3 is 2.30 bits per heavy atom. The van der Waals surface area contributed by atoms with Gasteiger partial charge in [-0.1, -0.05) is 50.6 Å². The number of hydrogen-bond donors (Lipinski definition) is 2. The van der Waals surface area contributed by atoms with Crippen molar-refractivity contribution in [2.24, 2.45) is 0 Å². The minimum atomic E-state index is -3.67. The van der Waals surface area contributed by atoms with Gasteiger partial charge in [0.05, 0.1) is 18.0 Å². The molecular formula is C23H32N2O4S. The Hall–Kier alpha value is -2.38. The highest BCUT2D eigenvalue weighted by atomic mass is 32.2. The van der Waals surface area contributed by atoms with Crippen molar-refractivity contribution in [3.63, 3.8) is 0 Å². The molecule has 0 aliphatic heterocycles. The quantitative estimate of drug-likeness (QED) is 0.664. The molecule has 2 aromatic carbocycles. The predicted octanol–water partition coefficient (Wildman–Crippen LogP) is 3.85. The summed E-state index contributed by atoms with van der Waals surface area (Å²) in [5.41, 5.74) is 2.95. The van der Waals surface area contributed by atoms with E-state index in [9.17, 15) is 13.2 Å². The maximum atomic E-state index is 12.5. The van der Waals surface area contributed by atoms with Crippen LogP contribution in [-0.4, -0.2) is 28.0 Å². The molecule has 2 rings (SSSR count). The van der Waals surface area contributed by atoms with Crippen LogP contribution >= 0.6 is 0 Å². The average Bonchev–Trinajstić information content (AvgIpc) is 2.67. The summed E-state index contributed by atoms with van der Waals surface area (Å²) in [6.45, 7) is 10.1. The Kier molecular flexibility index (Phi) is 7.66. The van der Waals surface area contributed by atoms with Crippen molar-refractivity contribution >= 4 is 15.9 Å². The van der Waals surface area contributed by atoms with Gasteiger partial charge in [0.15, 0.2) is 0 Å². The fraction of sp³-hybridized carbons (Fsp3) is 0.435. The molecule has 0 radical (unpaired) electrons. The zero-order valence-electron chi connectivity index (χ0n) is 18.6. The second-order valence-corrected chi connectivity index (χ2v) is 10.2. The lowest BCUT2D eigenvalue weighted by Gasteiger charge is -2.19. The minimum Gasteiger partial charge on any atom is -0.496 e. The summed E-state index contributed by atoms with van der Waals surface area (Å²) in [5, 5.41) is 2.89. The molecule has 164 valence electrons. The Labute approximate surface area is 180 Å². The fourth-order valence-electron chi connectivity index (χ4n) is 3.10. The van der Waals surface area contributed by atoms with Crippen LogP contribution in [0.3, 0.4) is 0 Å². The molecule has 0 saturated heterocycles. The number of hydrogen-bond acceptors (Lipinski definition) is 4. The van der Waals surface area contributed by atoms with Crippen molar-refractivity contribution in [1.82, 2.24) is 10.0 Å². The lowest BCUT2D eigenvalue weighted by molar-refractivity contribution is -0.121. The molecular weight excluding hydrogens is 400 g/mol. The number of rotatable bonds is 8. The summed E-state index contributed by atoms with van der Waals surface area (Å²) in [6, 6.07) is 12.3. The van der Waals surface area contributed by atoms with Gasteiger partial charge in [0.25, 0.3) is 0 Å². The Morgan fingerprint density at radius 1 is 1.10 bits per heavy atom. The van der Waals surface area contributed by atoms with Crippen LogP contribution in [0, 0.1) is 6.92 Å². The topological polar surface area (TPSA) is 84.5 Å². The highest BCUT2D eigenvalue weighted by Gasteiger charge is 2.18. The molecule has 1 atom stereocenters. The lowest BCUT2D eigenvalue weighted by Crippen LogP contribution is -2.32. The van der Waals surface area contributed by atoms with Crippen LogP contribution in [-0.2, 0) is 20.2 Å². The zero-order valence-corrected chi connectivity index (χ0v) is 19.4. The van der Waals surface area contributed by atoms with Crippen LogP contribution in [0.5, 0.6) is 5.75 Å². The molecule has 30 heavy (non-hydrogen) atoms. The van der Waals surface area contributed by atoms with E-state index < -0.39 is 10.0 Å². The first-order valence-electron chi connectivity index (χ1n) is 9.98. The second-order valence-electron chi connectivity index (χ2n) is 8.46. The molecule has 0 aromatic heterocycles. The Bertz CT molecular complexity index is 977. The van der Waals surface area contributed by atoms with E-state index in [1.165, 1.54) is 0 Å². The molecule has 0 bridgehead atoms. The lowest BCUT2D eigenvalue weighted by atomic mass is 9.87. The van der Waals surface area contributed by atoms with E-state index in [1.807, 2.05) is 44.2 Å². The minimum absolute atomic E-state index is 0.0207. The number of methoxy groups -OCH3 is 1. The maximum absolute atomic E-state index is 12.5. The summed E-state index contributed by atoms with van der Waals surface area (Å²) in [4.78, 5) is 12.5. The van der Waals surface area contributed by atoms with Gasteiger partial charge in [0.2, 0.25) is 15.9 Å². The number of ether oxygens (including phenoxy) is 1. The molecule has 0 spiro atoms. The number of carbonyl (C=O) groups is 1. The largest absolute Gasteiger partial charge is 0.496 e. The van der Waals surface area contributed by atoms with Crippen LogP contribution in [0.2, 0.25) is 0 Å². The van der Waals surface area contributed by atoms with Gasteiger partial charge in [0, 0.05) is 18.5 Å². The Balaban J connectivity index is 1.93. The van der Waals surface area contributed by atoms with Gasteiger partial charge < -0.3 is 10.1 Å². The fourth-order valence-corrected chi connectivity index (χ4v) is 4.13. The SMILES string of the molecule is COc1ccc(C)cc1C(C)NC(=O)CCNS(=O)(=O)c1ccc(C(C)(C)C)cc1. The van der Waals surface area contributed by atoms with Gasteiger partial charge in [-0.05, 0) is 43.0 Å². The summed E-state index contributed by atoms with van der Waals surface area (Å²) in [6.07, 6.45) is 0.0395. The second kappa shape index (κ2) is 9.62. The summed E-state index contributed by atoms with van der Waals surface area (Å²) in [5.74, 6) is 0.463. The van der Waals surface area contributed by atoms with Gasteiger partial charge in [-0.25, -0.2) is 13.1 Å². The number of aryl methyl sites for hydroxylation is 1. The van der Waals surface area contributed by atoms with Crippen molar-refractivity contribution in [2.75, 3.05) is 13.7 Å². The van der Waals surface area contributed by atoms with E-state index in [-0.39, 0.29) is 35.2 Å². The van der Waals surface area contributed by atoms with Gasteiger partial charge in [-0.3, -0.25) is 4.79 Å². The monoisotopic (exact) mass is 432 g/mol.